The summed E-state index contributed by atoms with van der Waals surface area (Å²) < 4.78 is 2.73. The van der Waals surface area contributed by atoms with Crippen LogP contribution >= 0.6 is 22.7 Å². The molecule has 4 heterocycles. The zero-order chi connectivity index (χ0) is 18.5. The minimum absolute atomic E-state index is 0.988. The van der Waals surface area contributed by atoms with Gasteiger partial charge in [0.05, 0.1) is 15.9 Å². The number of hydrogen-bond donors (Lipinski definition) is 0. The van der Waals surface area contributed by atoms with E-state index in [-0.39, 0.29) is 0 Å². The molecule has 2 aromatic carbocycles. The van der Waals surface area contributed by atoms with E-state index in [0.29, 0.717) is 0 Å². The Hall–Kier alpha value is -3.08. The van der Waals surface area contributed by atoms with Crippen LogP contribution in [0.15, 0.2) is 83.8 Å². The van der Waals surface area contributed by atoms with Crippen LogP contribution in [-0.4, -0.2) is 9.97 Å². The molecule has 0 saturated carbocycles. The molecular weight excluding hydrogens is 380 g/mol. The molecule has 6 rings (SSSR count). The maximum Gasteiger partial charge on any atom is 0.0709 e. The highest BCUT2D eigenvalue weighted by Gasteiger charge is 2.09. The lowest BCUT2D eigenvalue weighted by Crippen LogP contribution is -1.87. The first-order valence-electron chi connectivity index (χ1n) is 9.05. The molecule has 0 aliphatic rings. The molecule has 0 radical (unpaired) electrons. The van der Waals surface area contributed by atoms with Gasteiger partial charge in [-0.1, -0.05) is 24.3 Å². The Morgan fingerprint density at radius 3 is 2.61 bits per heavy atom. The third-order valence-electron chi connectivity index (χ3n) is 5.11. The molecule has 0 unspecified atom stereocenters. The van der Waals surface area contributed by atoms with Gasteiger partial charge in [-0.15, -0.1) is 22.7 Å². The maximum absolute atomic E-state index is 4.91. The molecule has 0 aliphatic carbocycles. The van der Waals surface area contributed by atoms with E-state index < -0.39 is 0 Å². The Bertz CT molecular complexity index is 1480. The first-order valence-corrected chi connectivity index (χ1v) is 10.8. The Morgan fingerprint density at radius 1 is 0.714 bits per heavy atom. The van der Waals surface area contributed by atoms with Crippen molar-refractivity contribution in [3.63, 3.8) is 0 Å². The van der Waals surface area contributed by atoms with Gasteiger partial charge < -0.3 is 0 Å². The molecule has 28 heavy (non-hydrogen) atoms. The van der Waals surface area contributed by atoms with Crippen molar-refractivity contribution in [2.24, 2.45) is 0 Å². The van der Waals surface area contributed by atoms with E-state index in [4.69, 9.17) is 4.98 Å². The summed E-state index contributed by atoms with van der Waals surface area (Å²) in [6.45, 7) is 0. The highest BCUT2D eigenvalue weighted by Crippen LogP contribution is 2.38. The van der Waals surface area contributed by atoms with Crippen molar-refractivity contribution in [2.45, 2.75) is 0 Å². The van der Waals surface area contributed by atoms with Crippen molar-refractivity contribution in [1.82, 2.24) is 9.97 Å². The van der Waals surface area contributed by atoms with Crippen molar-refractivity contribution < 1.29 is 0 Å². The van der Waals surface area contributed by atoms with Gasteiger partial charge in [-0.3, -0.25) is 4.98 Å². The van der Waals surface area contributed by atoms with E-state index in [1.807, 2.05) is 41.1 Å². The number of thiophene rings is 2. The molecule has 0 bridgehead atoms. The fourth-order valence-corrected chi connectivity index (χ4v) is 5.80. The number of rotatable bonds is 2. The summed E-state index contributed by atoms with van der Waals surface area (Å²) in [6.07, 6.45) is 3.73. The molecule has 4 heteroatoms. The van der Waals surface area contributed by atoms with Gasteiger partial charge in [0.25, 0.3) is 0 Å². The van der Waals surface area contributed by atoms with Crippen LogP contribution in [0.5, 0.6) is 0 Å². The van der Waals surface area contributed by atoms with Crippen LogP contribution in [0.25, 0.3) is 53.5 Å². The van der Waals surface area contributed by atoms with Crippen LogP contribution in [0.3, 0.4) is 0 Å². The SMILES string of the molecule is c1cc2ccc(-c3ccc4cc(-c5csc6ccsc56)ccc4n3)cc2cn1. The van der Waals surface area contributed by atoms with Crippen LogP contribution in [0.2, 0.25) is 0 Å². The van der Waals surface area contributed by atoms with E-state index in [2.05, 4.69) is 70.3 Å². The van der Waals surface area contributed by atoms with Crippen molar-refractivity contribution in [1.29, 1.82) is 0 Å². The largest absolute Gasteiger partial charge is 0.264 e. The van der Waals surface area contributed by atoms with E-state index >= 15 is 0 Å². The molecule has 0 spiro atoms. The summed E-state index contributed by atoms with van der Waals surface area (Å²) in [5, 5.41) is 7.92. The highest BCUT2D eigenvalue weighted by molar-refractivity contribution is 7.26. The Labute approximate surface area is 169 Å². The second kappa shape index (κ2) is 6.23. The molecule has 2 nitrogen and oxygen atoms in total. The Morgan fingerprint density at radius 2 is 1.61 bits per heavy atom. The van der Waals surface area contributed by atoms with E-state index in [0.717, 1.165) is 22.2 Å². The standard InChI is InChI=1S/C24H14N2S2/c1-2-17(12-19-13-25-9-7-15(1)19)22-6-4-18-11-16(3-5-21(18)26-22)20-14-28-23-8-10-27-24(20)23/h1-14H. The average molecular weight is 395 g/mol. The molecule has 4 aromatic heterocycles. The molecule has 0 atom stereocenters. The second-order valence-corrected chi connectivity index (χ2v) is 8.63. The van der Waals surface area contributed by atoms with Gasteiger partial charge >= 0.3 is 0 Å². The number of pyridine rings is 2. The van der Waals surface area contributed by atoms with Gasteiger partial charge in [0.1, 0.15) is 0 Å². The zero-order valence-electron chi connectivity index (χ0n) is 14.8. The van der Waals surface area contributed by atoms with Gasteiger partial charge in [0.2, 0.25) is 0 Å². The van der Waals surface area contributed by atoms with Gasteiger partial charge in [-0.25, -0.2) is 4.98 Å². The fraction of sp³-hybridized carbons (Fsp3) is 0. The molecule has 132 valence electrons. The van der Waals surface area contributed by atoms with Crippen LogP contribution < -0.4 is 0 Å². The maximum atomic E-state index is 4.91. The van der Waals surface area contributed by atoms with E-state index in [1.54, 1.807) is 0 Å². The summed E-state index contributed by atoms with van der Waals surface area (Å²) in [5.74, 6) is 0. The first kappa shape index (κ1) is 15.9. The van der Waals surface area contributed by atoms with Gasteiger partial charge in [0.15, 0.2) is 0 Å². The van der Waals surface area contributed by atoms with Crippen LogP contribution in [-0.2, 0) is 0 Å². The lowest BCUT2D eigenvalue weighted by atomic mass is 10.0. The van der Waals surface area contributed by atoms with Gasteiger partial charge in [-0.2, -0.15) is 0 Å². The van der Waals surface area contributed by atoms with Crippen molar-refractivity contribution >= 4 is 53.7 Å². The smallest absolute Gasteiger partial charge is 0.0709 e. The fourth-order valence-electron chi connectivity index (χ4n) is 3.66. The molecule has 0 amide bonds. The van der Waals surface area contributed by atoms with Crippen LogP contribution in [0.1, 0.15) is 0 Å². The molecule has 0 saturated heterocycles. The normalized spacial score (nSPS) is 11.6. The van der Waals surface area contributed by atoms with Crippen LogP contribution in [0, 0.1) is 0 Å². The monoisotopic (exact) mass is 394 g/mol. The molecular formula is C24H14N2S2. The minimum atomic E-state index is 0.988. The predicted octanol–water partition coefficient (Wildman–Crippen LogP) is 7.39. The minimum Gasteiger partial charge on any atom is -0.264 e. The van der Waals surface area contributed by atoms with Crippen molar-refractivity contribution in [3.05, 3.63) is 83.8 Å². The zero-order valence-corrected chi connectivity index (χ0v) is 16.4. The number of fused-ring (bicyclic) bond motifs is 3. The van der Waals surface area contributed by atoms with E-state index in [1.165, 1.54) is 31.3 Å². The average Bonchev–Trinajstić information content (AvgIpc) is 3.37. The van der Waals surface area contributed by atoms with E-state index in [9.17, 15) is 0 Å². The number of aromatic nitrogens is 2. The second-order valence-electron chi connectivity index (χ2n) is 6.80. The summed E-state index contributed by atoms with van der Waals surface area (Å²) in [6, 6.07) is 21.5. The molecule has 0 aliphatic heterocycles. The number of benzene rings is 2. The van der Waals surface area contributed by atoms with Crippen LogP contribution in [0.4, 0.5) is 0 Å². The van der Waals surface area contributed by atoms with Gasteiger partial charge in [-0.05, 0) is 52.7 Å². The first-order chi connectivity index (χ1) is 13.8. The van der Waals surface area contributed by atoms with Gasteiger partial charge in [0, 0.05) is 44.4 Å². The predicted molar refractivity (Wildman–Crippen MR) is 121 cm³/mol. The van der Waals surface area contributed by atoms with Crippen molar-refractivity contribution in [3.8, 4) is 22.4 Å². The Balaban J connectivity index is 1.45. The number of hydrogen-bond acceptors (Lipinski definition) is 4. The lowest BCUT2D eigenvalue weighted by molar-refractivity contribution is 1.36. The molecule has 0 fully saturated rings. The third-order valence-corrected chi connectivity index (χ3v) is 7.14. The topological polar surface area (TPSA) is 25.8 Å². The summed E-state index contributed by atoms with van der Waals surface area (Å²) in [4.78, 5) is 9.14. The molecule has 6 aromatic rings. The summed E-state index contributed by atoms with van der Waals surface area (Å²) >= 11 is 3.62. The summed E-state index contributed by atoms with van der Waals surface area (Å²) in [7, 11) is 0. The third kappa shape index (κ3) is 2.53. The summed E-state index contributed by atoms with van der Waals surface area (Å²) in [5.41, 5.74) is 5.70. The lowest BCUT2D eigenvalue weighted by Gasteiger charge is -2.07. The highest BCUT2D eigenvalue weighted by atomic mass is 32.1. The van der Waals surface area contributed by atoms with Crippen molar-refractivity contribution in [2.75, 3.05) is 0 Å². The quantitative estimate of drug-likeness (QED) is 0.306. The number of nitrogens with zero attached hydrogens (tertiary/aromatic N) is 2. The molecule has 0 N–H and O–H groups in total. The Kier molecular flexibility index (Phi) is 3.54.